The number of nitrogens with zero attached hydrogens (tertiary/aromatic N) is 2. The predicted octanol–water partition coefficient (Wildman–Crippen LogP) is 3.03. The first kappa shape index (κ1) is 21.3. The van der Waals surface area contributed by atoms with E-state index in [0.29, 0.717) is 24.6 Å². The highest BCUT2D eigenvalue weighted by atomic mass is 16.5. The lowest BCUT2D eigenvalue weighted by Crippen LogP contribution is -2.46. The quantitative estimate of drug-likeness (QED) is 0.760. The monoisotopic (exact) mass is 403 g/mol. The number of nitrogens with one attached hydrogen (secondary N) is 1. The highest BCUT2D eigenvalue weighted by molar-refractivity contribution is 5.76. The van der Waals surface area contributed by atoms with Gasteiger partial charge in [0.15, 0.2) is 0 Å². The van der Waals surface area contributed by atoms with Gasteiger partial charge in [-0.1, -0.05) is 0 Å². The molecule has 7 heteroatoms. The number of urea groups is 1. The molecule has 2 saturated heterocycles. The average Bonchev–Trinajstić information content (AvgIpc) is 3.30. The van der Waals surface area contributed by atoms with Gasteiger partial charge in [0.1, 0.15) is 11.5 Å². The van der Waals surface area contributed by atoms with Crippen molar-refractivity contribution in [3.8, 4) is 11.5 Å². The van der Waals surface area contributed by atoms with Crippen LogP contribution >= 0.6 is 0 Å². The minimum Gasteiger partial charge on any atom is -0.497 e. The van der Waals surface area contributed by atoms with E-state index < -0.39 is 0 Å². The first-order chi connectivity index (χ1) is 14.1. The number of methoxy groups -OCH3 is 2. The summed E-state index contributed by atoms with van der Waals surface area (Å²) < 4.78 is 10.6. The van der Waals surface area contributed by atoms with Crippen molar-refractivity contribution in [1.29, 1.82) is 0 Å². The first-order valence-corrected chi connectivity index (χ1v) is 10.6. The maximum Gasteiger partial charge on any atom is 0.320 e. The Morgan fingerprint density at radius 3 is 2.55 bits per heavy atom. The van der Waals surface area contributed by atoms with E-state index in [-0.39, 0.29) is 11.9 Å². The number of benzene rings is 1. The lowest BCUT2D eigenvalue weighted by molar-refractivity contribution is -0.121. The molecule has 2 aliphatic rings. The minimum atomic E-state index is 0.0332. The summed E-state index contributed by atoms with van der Waals surface area (Å²) in [5.74, 6) is 1.86. The minimum absolute atomic E-state index is 0.0332. The van der Waals surface area contributed by atoms with Gasteiger partial charge in [0.2, 0.25) is 5.91 Å². The Hall–Kier alpha value is -2.44. The van der Waals surface area contributed by atoms with Crippen LogP contribution in [0.1, 0.15) is 44.1 Å². The first-order valence-electron chi connectivity index (χ1n) is 10.6. The number of hydrogen-bond acceptors (Lipinski definition) is 4. The molecule has 0 unspecified atom stereocenters. The molecule has 0 aliphatic carbocycles. The second-order valence-electron chi connectivity index (χ2n) is 7.92. The van der Waals surface area contributed by atoms with Crippen LogP contribution in [0.4, 0.5) is 4.79 Å². The third kappa shape index (κ3) is 5.78. The van der Waals surface area contributed by atoms with Crippen molar-refractivity contribution in [1.82, 2.24) is 15.1 Å². The van der Waals surface area contributed by atoms with Gasteiger partial charge in [-0.3, -0.25) is 4.79 Å². The molecule has 0 radical (unpaired) electrons. The average molecular weight is 404 g/mol. The van der Waals surface area contributed by atoms with E-state index in [1.54, 1.807) is 14.2 Å². The Labute approximate surface area is 173 Å². The fourth-order valence-electron chi connectivity index (χ4n) is 4.20. The van der Waals surface area contributed by atoms with Crippen LogP contribution < -0.4 is 14.8 Å². The molecule has 3 rings (SSSR count). The normalized spacial score (nSPS) is 19.2. The number of piperidine rings is 1. The molecule has 0 bridgehead atoms. The molecule has 7 nitrogen and oxygen atoms in total. The second-order valence-corrected chi connectivity index (χ2v) is 7.92. The SMILES string of the molecule is COc1ccc(CNC(=O)CC[C@@H]2CCCN(C(=O)N3CCCC3)C2)c(OC)c1. The van der Waals surface area contributed by atoms with Gasteiger partial charge in [-0.05, 0) is 50.2 Å². The number of hydrogen-bond donors (Lipinski definition) is 1. The van der Waals surface area contributed by atoms with Gasteiger partial charge >= 0.3 is 6.03 Å². The summed E-state index contributed by atoms with van der Waals surface area (Å²) in [5.41, 5.74) is 0.918. The molecule has 1 atom stereocenters. The largest absolute Gasteiger partial charge is 0.497 e. The summed E-state index contributed by atoms with van der Waals surface area (Å²) in [4.78, 5) is 28.9. The van der Waals surface area contributed by atoms with E-state index >= 15 is 0 Å². The molecular formula is C22H33N3O4. The van der Waals surface area contributed by atoms with Gasteiger partial charge in [0, 0.05) is 50.8 Å². The van der Waals surface area contributed by atoms with E-state index in [2.05, 4.69) is 5.32 Å². The fourth-order valence-corrected chi connectivity index (χ4v) is 4.20. The van der Waals surface area contributed by atoms with Crippen LogP contribution in [0, 0.1) is 5.92 Å². The number of carbonyl (C=O) groups is 2. The molecule has 29 heavy (non-hydrogen) atoms. The second kappa shape index (κ2) is 10.4. The molecule has 2 fully saturated rings. The Morgan fingerprint density at radius 1 is 1.07 bits per heavy atom. The van der Waals surface area contributed by atoms with Gasteiger partial charge in [-0.2, -0.15) is 0 Å². The van der Waals surface area contributed by atoms with Gasteiger partial charge in [0.05, 0.1) is 14.2 Å². The van der Waals surface area contributed by atoms with Gasteiger partial charge in [-0.25, -0.2) is 4.79 Å². The zero-order valence-electron chi connectivity index (χ0n) is 17.6. The number of likely N-dealkylation sites (tertiary alicyclic amines) is 2. The van der Waals surface area contributed by atoms with Crippen LogP contribution in [-0.4, -0.2) is 62.1 Å². The third-order valence-electron chi connectivity index (χ3n) is 5.92. The van der Waals surface area contributed by atoms with Crippen molar-refractivity contribution in [3.63, 3.8) is 0 Å². The number of ether oxygens (including phenoxy) is 2. The molecule has 1 N–H and O–H groups in total. The lowest BCUT2D eigenvalue weighted by Gasteiger charge is -2.35. The van der Waals surface area contributed by atoms with Crippen LogP contribution in [0.5, 0.6) is 11.5 Å². The Kier molecular flexibility index (Phi) is 7.61. The molecule has 0 aromatic heterocycles. The van der Waals surface area contributed by atoms with Crippen molar-refractivity contribution in [2.24, 2.45) is 5.92 Å². The zero-order chi connectivity index (χ0) is 20.6. The summed E-state index contributed by atoms with van der Waals surface area (Å²) in [5, 5.41) is 2.98. The number of amides is 3. The predicted molar refractivity (Wildman–Crippen MR) is 111 cm³/mol. The highest BCUT2D eigenvalue weighted by Gasteiger charge is 2.28. The lowest BCUT2D eigenvalue weighted by atomic mass is 9.93. The molecule has 0 spiro atoms. The molecule has 160 valence electrons. The molecule has 1 aromatic carbocycles. The van der Waals surface area contributed by atoms with Crippen LogP contribution in [-0.2, 0) is 11.3 Å². The Balaban J connectivity index is 1.42. The summed E-state index contributed by atoms with van der Waals surface area (Å²) in [7, 11) is 3.22. The van der Waals surface area contributed by atoms with Gasteiger partial charge in [-0.15, -0.1) is 0 Å². The maximum absolute atomic E-state index is 12.6. The van der Waals surface area contributed by atoms with Crippen molar-refractivity contribution < 1.29 is 19.1 Å². The topological polar surface area (TPSA) is 71.1 Å². The standard InChI is InChI=1S/C22H33N3O4/c1-28-19-9-8-18(20(14-19)29-2)15-23-21(26)10-7-17-6-5-13-25(16-17)22(27)24-11-3-4-12-24/h8-9,14,17H,3-7,10-13,15-16H2,1-2H3,(H,23,26)/t17-/m0/s1. The van der Waals surface area contributed by atoms with Crippen molar-refractivity contribution in [2.75, 3.05) is 40.4 Å². The summed E-state index contributed by atoms with van der Waals surface area (Å²) in [6.07, 6.45) is 5.63. The smallest absolute Gasteiger partial charge is 0.320 e. The summed E-state index contributed by atoms with van der Waals surface area (Å²) in [6.45, 7) is 3.81. The fraction of sp³-hybridized carbons (Fsp3) is 0.636. The molecular weight excluding hydrogens is 370 g/mol. The molecule has 2 aliphatic heterocycles. The van der Waals surface area contributed by atoms with E-state index in [1.807, 2.05) is 28.0 Å². The number of carbonyl (C=O) groups excluding carboxylic acids is 2. The van der Waals surface area contributed by atoms with Gasteiger partial charge < -0.3 is 24.6 Å². The van der Waals surface area contributed by atoms with E-state index in [9.17, 15) is 9.59 Å². The van der Waals surface area contributed by atoms with Crippen LogP contribution in [0.25, 0.3) is 0 Å². The van der Waals surface area contributed by atoms with Crippen LogP contribution in [0.3, 0.4) is 0 Å². The van der Waals surface area contributed by atoms with E-state index in [1.165, 1.54) is 0 Å². The van der Waals surface area contributed by atoms with Crippen molar-refractivity contribution in [2.45, 2.75) is 45.1 Å². The molecule has 3 amide bonds. The summed E-state index contributed by atoms with van der Waals surface area (Å²) in [6, 6.07) is 5.76. The zero-order valence-corrected chi connectivity index (χ0v) is 17.6. The third-order valence-corrected chi connectivity index (χ3v) is 5.92. The Bertz CT molecular complexity index is 703. The highest BCUT2D eigenvalue weighted by Crippen LogP contribution is 2.25. The van der Waals surface area contributed by atoms with Crippen LogP contribution in [0.15, 0.2) is 18.2 Å². The molecule has 0 saturated carbocycles. The summed E-state index contributed by atoms with van der Waals surface area (Å²) >= 11 is 0. The van der Waals surface area contributed by atoms with Crippen molar-refractivity contribution in [3.05, 3.63) is 23.8 Å². The van der Waals surface area contributed by atoms with Crippen molar-refractivity contribution >= 4 is 11.9 Å². The maximum atomic E-state index is 12.6. The van der Waals surface area contributed by atoms with Gasteiger partial charge in [0.25, 0.3) is 0 Å². The van der Waals surface area contributed by atoms with Crippen LogP contribution in [0.2, 0.25) is 0 Å². The number of rotatable bonds is 7. The Morgan fingerprint density at radius 2 is 1.83 bits per heavy atom. The molecule has 2 heterocycles. The molecule has 1 aromatic rings. The van der Waals surface area contributed by atoms with E-state index in [0.717, 1.165) is 69.6 Å². The van der Waals surface area contributed by atoms with E-state index in [4.69, 9.17) is 9.47 Å².